The minimum absolute atomic E-state index is 0.193. The summed E-state index contributed by atoms with van der Waals surface area (Å²) in [5.41, 5.74) is 2.71. The average Bonchev–Trinajstić information content (AvgIpc) is 2.09. The van der Waals surface area contributed by atoms with Crippen LogP contribution in [-0.4, -0.2) is 4.98 Å². The first kappa shape index (κ1) is 11.7. The van der Waals surface area contributed by atoms with E-state index in [9.17, 15) is 0 Å². The molecule has 14 heavy (non-hydrogen) atoms. The van der Waals surface area contributed by atoms with Gasteiger partial charge in [0.2, 0.25) is 0 Å². The van der Waals surface area contributed by atoms with Crippen molar-refractivity contribution < 1.29 is 0 Å². The first-order valence-corrected chi connectivity index (χ1v) is 5.77. The van der Waals surface area contributed by atoms with E-state index in [0.29, 0.717) is 5.92 Å². The number of pyridine rings is 1. The van der Waals surface area contributed by atoms with Crippen molar-refractivity contribution in [2.45, 2.75) is 40.0 Å². The van der Waals surface area contributed by atoms with Gasteiger partial charge in [-0.25, -0.2) is 4.98 Å². The summed E-state index contributed by atoms with van der Waals surface area (Å²) in [6, 6.07) is 2.22. The van der Waals surface area contributed by atoms with Crippen LogP contribution in [0.3, 0.4) is 0 Å². The van der Waals surface area contributed by atoms with Gasteiger partial charge in [0.05, 0.1) is 0 Å². The molecule has 0 aromatic carbocycles. The molecule has 0 bridgehead atoms. The third-order valence-corrected chi connectivity index (χ3v) is 4.03. The van der Waals surface area contributed by atoms with Crippen LogP contribution in [-0.2, 0) is 5.41 Å². The lowest BCUT2D eigenvalue weighted by Crippen LogP contribution is -2.24. The van der Waals surface area contributed by atoms with E-state index in [1.54, 1.807) is 0 Å². The van der Waals surface area contributed by atoms with E-state index in [4.69, 9.17) is 0 Å². The lowest BCUT2D eigenvalue weighted by Gasteiger charge is -2.29. The third kappa shape index (κ3) is 2.17. The molecule has 0 aliphatic heterocycles. The molecule has 1 rings (SSSR count). The van der Waals surface area contributed by atoms with E-state index in [0.717, 1.165) is 4.60 Å². The SMILES string of the molecule is Cc1cc(C(C)(C)C(C)C)cnc1Br. The quantitative estimate of drug-likeness (QED) is 0.726. The molecule has 1 nitrogen and oxygen atoms in total. The zero-order chi connectivity index (χ0) is 10.9. The molecule has 0 N–H and O–H groups in total. The van der Waals surface area contributed by atoms with Crippen LogP contribution in [0.2, 0.25) is 0 Å². The molecule has 1 aromatic heterocycles. The van der Waals surface area contributed by atoms with Gasteiger partial charge < -0.3 is 0 Å². The smallest absolute Gasteiger partial charge is 0.108 e. The Bertz CT molecular complexity index is 329. The lowest BCUT2D eigenvalue weighted by atomic mass is 9.76. The Labute approximate surface area is 95.1 Å². The monoisotopic (exact) mass is 255 g/mol. The Morgan fingerprint density at radius 1 is 1.36 bits per heavy atom. The van der Waals surface area contributed by atoms with Crippen molar-refractivity contribution in [2.75, 3.05) is 0 Å². The number of rotatable bonds is 2. The normalized spacial score (nSPS) is 12.2. The van der Waals surface area contributed by atoms with Crippen LogP contribution in [0.4, 0.5) is 0 Å². The number of halogens is 1. The molecule has 0 aliphatic carbocycles. The van der Waals surface area contributed by atoms with Crippen molar-refractivity contribution in [2.24, 2.45) is 5.92 Å². The van der Waals surface area contributed by atoms with Crippen molar-refractivity contribution in [3.05, 3.63) is 28.0 Å². The minimum Gasteiger partial charge on any atom is -0.249 e. The summed E-state index contributed by atoms with van der Waals surface area (Å²) in [6.07, 6.45) is 1.97. The maximum absolute atomic E-state index is 4.34. The third-order valence-electron chi connectivity index (χ3n) is 3.20. The van der Waals surface area contributed by atoms with E-state index in [1.165, 1.54) is 11.1 Å². The molecule has 0 saturated heterocycles. The second-order valence-electron chi connectivity index (χ2n) is 4.71. The highest BCUT2D eigenvalue weighted by Gasteiger charge is 2.25. The highest BCUT2D eigenvalue weighted by molar-refractivity contribution is 9.10. The summed E-state index contributed by atoms with van der Waals surface area (Å²) < 4.78 is 0.945. The van der Waals surface area contributed by atoms with Gasteiger partial charge in [-0.3, -0.25) is 0 Å². The number of aromatic nitrogens is 1. The topological polar surface area (TPSA) is 12.9 Å². The summed E-state index contributed by atoms with van der Waals surface area (Å²) in [5.74, 6) is 0.616. The maximum Gasteiger partial charge on any atom is 0.108 e. The van der Waals surface area contributed by atoms with E-state index in [1.807, 2.05) is 6.20 Å². The van der Waals surface area contributed by atoms with Crippen molar-refractivity contribution >= 4 is 15.9 Å². The van der Waals surface area contributed by atoms with Gasteiger partial charge >= 0.3 is 0 Å². The number of aryl methyl sites for hydroxylation is 1. The van der Waals surface area contributed by atoms with E-state index in [2.05, 4.69) is 61.6 Å². The Morgan fingerprint density at radius 3 is 2.36 bits per heavy atom. The lowest BCUT2D eigenvalue weighted by molar-refractivity contribution is 0.371. The minimum atomic E-state index is 0.193. The molecular formula is C12H18BrN. The molecule has 0 radical (unpaired) electrons. The van der Waals surface area contributed by atoms with E-state index in [-0.39, 0.29) is 5.41 Å². The largest absolute Gasteiger partial charge is 0.249 e. The number of nitrogens with zero attached hydrogens (tertiary/aromatic N) is 1. The summed E-state index contributed by atoms with van der Waals surface area (Å²) in [4.78, 5) is 4.34. The standard InChI is InChI=1S/C12H18BrN/c1-8(2)12(4,5)10-6-9(3)11(13)14-7-10/h6-8H,1-5H3. The molecule has 1 heterocycles. The predicted molar refractivity (Wildman–Crippen MR) is 64.5 cm³/mol. The van der Waals surface area contributed by atoms with Gasteiger partial charge in [-0.1, -0.05) is 33.8 Å². The molecule has 0 amide bonds. The first-order chi connectivity index (χ1) is 6.35. The van der Waals surface area contributed by atoms with Crippen LogP contribution in [0.25, 0.3) is 0 Å². The summed E-state index contributed by atoms with van der Waals surface area (Å²) in [7, 11) is 0. The second-order valence-corrected chi connectivity index (χ2v) is 5.46. The van der Waals surface area contributed by atoms with Crippen molar-refractivity contribution in [1.29, 1.82) is 0 Å². The Balaban J connectivity index is 3.14. The molecule has 0 saturated carbocycles. The first-order valence-electron chi connectivity index (χ1n) is 4.98. The Hall–Kier alpha value is -0.370. The van der Waals surface area contributed by atoms with Crippen LogP contribution >= 0.6 is 15.9 Å². The fraction of sp³-hybridized carbons (Fsp3) is 0.583. The van der Waals surface area contributed by atoms with Crippen molar-refractivity contribution in [3.63, 3.8) is 0 Å². The van der Waals surface area contributed by atoms with E-state index < -0.39 is 0 Å². The van der Waals surface area contributed by atoms with Gasteiger partial charge in [0, 0.05) is 6.20 Å². The van der Waals surface area contributed by atoms with Gasteiger partial charge in [0.25, 0.3) is 0 Å². The van der Waals surface area contributed by atoms with Crippen molar-refractivity contribution in [3.8, 4) is 0 Å². The van der Waals surface area contributed by atoms with E-state index >= 15 is 0 Å². The maximum atomic E-state index is 4.34. The van der Waals surface area contributed by atoms with Gasteiger partial charge in [-0.2, -0.15) is 0 Å². The van der Waals surface area contributed by atoms with Crippen LogP contribution in [0.1, 0.15) is 38.8 Å². The summed E-state index contributed by atoms with van der Waals surface area (Å²) in [5, 5.41) is 0. The van der Waals surface area contributed by atoms with Crippen LogP contribution in [0, 0.1) is 12.8 Å². The molecule has 0 fully saturated rings. The van der Waals surface area contributed by atoms with Gasteiger partial charge in [-0.05, 0) is 45.3 Å². The molecule has 1 aromatic rings. The van der Waals surface area contributed by atoms with Gasteiger partial charge in [0.1, 0.15) is 4.60 Å². The fourth-order valence-corrected chi connectivity index (χ4v) is 1.46. The summed E-state index contributed by atoms with van der Waals surface area (Å²) >= 11 is 3.42. The second kappa shape index (κ2) is 4.01. The average molecular weight is 256 g/mol. The molecule has 0 unspecified atom stereocenters. The molecule has 78 valence electrons. The van der Waals surface area contributed by atoms with Crippen LogP contribution in [0.5, 0.6) is 0 Å². The highest BCUT2D eigenvalue weighted by atomic mass is 79.9. The molecule has 0 atom stereocenters. The number of hydrogen-bond acceptors (Lipinski definition) is 1. The zero-order valence-electron chi connectivity index (χ0n) is 9.56. The molecule has 0 spiro atoms. The molecular weight excluding hydrogens is 238 g/mol. The summed E-state index contributed by atoms with van der Waals surface area (Å²) in [6.45, 7) is 11.1. The number of hydrogen-bond donors (Lipinski definition) is 0. The van der Waals surface area contributed by atoms with Gasteiger partial charge in [0.15, 0.2) is 0 Å². The molecule has 0 aliphatic rings. The van der Waals surface area contributed by atoms with Crippen molar-refractivity contribution in [1.82, 2.24) is 4.98 Å². The molecule has 2 heteroatoms. The Morgan fingerprint density at radius 2 is 1.93 bits per heavy atom. The zero-order valence-corrected chi connectivity index (χ0v) is 11.1. The highest BCUT2D eigenvalue weighted by Crippen LogP contribution is 2.32. The predicted octanol–water partition coefficient (Wildman–Crippen LogP) is 4.09. The van der Waals surface area contributed by atoms with Crippen LogP contribution < -0.4 is 0 Å². The fourth-order valence-electron chi connectivity index (χ4n) is 1.24. The van der Waals surface area contributed by atoms with Crippen LogP contribution in [0.15, 0.2) is 16.9 Å². The Kier molecular flexibility index (Phi) is 3.36. The van der Waals surface area contributed by atoms with Gasteiger partial charge in [-0.15, -0.1) is 0 Å².